The van der Waals surface area contributed by atoms with Gasteiger partial charge in [-0.25, -0.2) is 0 Å². The van der Waals surface area contributed by atoms with Gasteiger partial charge in [-0.3, -0.25) is 0 Å². The molecule has 0 N–H and O–H groups in total. The highest BCUT2D eigenvalue weighted by Gasteiger charge is 2.18. The smallest absolute Gasteiger partial charge is 0.111 e. The van der Waals surface area contributed by atoms with Crippen LogP contribution in [0.1, 0.15) is 33.4 Å². The molecule has 0 aromatic heterocycles. The summed E-state index contributed by atoms with van der Waals surface area (Å²) in [6, 6.07) is 12.1. The van der Waals surface area contributed by atoms with Crippen molar-refractivity contribution in [3.63, 3.8) is 0 Å². The first-order valence-corrected chi connectivity index (χ1v) is 15.2. The molecule has 0 spiro atoms. The molecule has 2 heteroatoms. The summed E-state index contributed by atoms with van der Waals surface area (Å²) in [4.78, 5) is 0. The Hall–Kier alpha value is -3.33. The molecule has 2 aliphatic rings. The zero-order chi connectivity index (χ0) is 19.8. The van der Waals surface area contributed by atoms with E-state index in [4.69, 9.17) is 0 Å². The highest BCUT2D eigenvalue weighted by Crippen LogP contribution is 2.18. The molecule has 2 bridgehead atoms. The van der Waals surface area contributed by atoms with Crippen LogP contribution in [-0.2, 0) is 0 Å². The van der Waals surface area contributed by atoms with Crippen LogP contribution in [0.3, 0.4) is 0 Å². The highest BCUT2D eigenvalue weighted by molar-refractivity contribution is 6.92. The molecule has 0 aliphatic carbocycles. The van der Waals surface area contributed by atoms with Crippen molar-refractivity contribution in [2.45, 2.75) is 26.2 Å². The summed E-state index contributed by atoms with van der Waals surface area (Å²) in [5, 5.41) is 0. The van der Waals surface area contributed by atoms with Gasteiger partial charge >= 0.3 is 0 Å². The summed E-state index contributed by atoms with van der Waals surface area (Å²) in [6.45, 7) is 8.70. The van der Waals surface area contributed by atoms with Gasteiger partial charge in [0.15, 0.2) is 0 Å². The largest absolute Gasteiger partial charge is 0.211 e. The lowest BCUT2D eigenvalue weighted by atomic mass is 9.99. The minimum Gasteiger partial charge on any atom is -0.111 e. The van der Waals surface area contributed by atoms with Gasteiger partial charge in [0.2, 0.25) is 16.1 Å². The third-order valence-electron chi connectivity index (χ3n) is 4.48. The van der Waals surface area contributed by atoms with E-state index in [0.29, 0.717) is 0 Å². The molecular formula is C26H18Si2. The molecule has 2 heterocycles. The molecule has 4 rings (SSSR count). The maximum Gasteiger partial charge on any atom is 0.211 e. The van der Waals surface area contributed by atoms with Crippen molar-refractivity contribution in [2.75, 3.05) is 0 Å². The standard InChI is InChI=1S/C26H18Si2/c1-27(2)17-13-21-7-5-9-23-15-19-28(3,4)20-16-24-10-6-8-22(14-18-27)26(24)12-11-25(21)23/h5-10H,1-4H3. The second kappa shape index (κ2) is 6.68. The molecule has 0 saturated heterocycles. The Morgan fingerprint density at radius 3 is 1.04 bits per heavy atom. The summed E-state index contributed by atoms with van der Waals surface area (Å²) < 4.78 is 0. The second-order valence-electron chi connectivity index (χ2n) is 7.96. The van der Waals surface area contributed by atoms with Crippen LogP contribution in [0, 0.1) is 57.7 Å². The summed E-state index contributed by atoms with van der Waals surface area (Å²) in [5.41, 5.74) is 19.3. The van der Waals surface area contributed by atoms with E-state index in [2.05, 4.69) is 83.9 Å². The van der Waals surface area contributed by atoms with Crippen LogP contribution in [0.2, 0.25) is 26.2 Å². The molecule has 0 nitrogen and oxygen atoms in total. The van der Waals surface area contributed by atoms with Gasteiger partial charge in [0.1, 0.15) is 0 Å². The fourth-order valence-electron chi connectivity index (χ4n) is 2.87. The van der Waals surface area contributed by atoms with Gasteiger partial charge in [-0.2, -0.15) is 0 Å². The molecule has 0 radical (unpaired) electrons. The van der Waals surface area contributed by atoms with Gasteiger partial charge < -0.3 is 0 Å². The number of hydrogen-bond acceptors (Lipinski definition) is 0. The zero-order valence-electron chi connectivity index (χ0n) is 16.5. The van der Waals surface area contributed by atoms with E-state index >= 15 is 0 Å². The van der Waals surface area contributed by atoms with Gasteiger partial charge in [-0.05, 0) is 50.5 Å². The normalized spacial score (nSPS) is 15.7. The Balaban J connectivity index is 2.17. The van der Waals surface area contributed by atoms with Crippen LogP contribution < -0.4 is 0 Å². The van der Waals surface area contributed by atoms with Crippen molar-refractivity contribution in [3.05, 3.63) is 69.8 Å². The van der Waals surface area contributed by atoms with Gasteiger partial charge in [0.05, 0.1) is 11.1 Å². The Morgan fingerprint density at radius 1 is 0.464 bits per heavy atom. The van der Waals surface area contributed by atoms with Gasteiger partial charge in [-0.15, -0.1) is 22.2 Å². The lowest BCUT2D eigenvalue weighted by Gasteiger charge is -2.07. The van der Waals surface area contributed by atoms with Crippen LogP contribution in [0.4, 0.5) is 0 Å². The van der Waals surface area contributed by atoms with Crippen LogP contribution in [-0.4, -0.2) is 16.1 Å². The Bertz CT molecular complexity index is 1140. The molecule has 0 unspecified atom stereocenters. The van der Waals surface area contributed by atoms with Crippen LogP contribution in [0.15, 0.2) is 36.4 Å². The monoisotopic (exact) mass is 386 g/mol. The van der Waals surface area contributed by atoms with Crippen molar-refractivity contribution in [1.29, 1.82) is 0 Å². The van der Waals surface area contributed by atoms with Crippen LogP contribution in [0.5, 0.6) is 0 Å². The molecule has 28 heavy (non-hydrogen) atoms. The summed E-state index contributed by atoms with van der Waals surface area (Å²) in [5.74, 6) is 20.2. The zero-order valence-corrected chi connectivity index (χ0v) is 18.5. The average molecular weight is 387 g/mol. The quantitative estimate of drug-likeness (QED) is 0.472. The fraction of sp³-hybridized carbons (Fsp3) is 0.154. The van der Waals surface area contributed by atoms with Crippen LogP contribution >= 0.6 is 0 Å². The van der Waals surface area contributed by atoms with E-state index < -0.39 is 16.1 Å². The van der Waals surface area contributed by atoms with Gasteiger partial charge in [-0.1, -0.05) is 47.7 Å². The minimum absolute atomic E-state index is 0.904. The predicted molar refractivity (Wildman–Crippen MR) is 121 cm³/mol. The van der Waals surface area contributed by atoms with E-state index in [1.54, 1.807) is 0 Å². The predicted octanol–water partition coefficient (Wildman–Crippen LogP) is 4.09. The molecule has 0 saturated carbocycles. The lowest BCUT2D eigenvalue weighted by Crippen LogP contribution is -2.21. The Morgan fingerprint density at radius 2 is 0.750 bits per heavy atom. The summed E-state index contributed by atoms with van der Waals surface area (Å²) in [6.07, 6.45) is 0. The Kier molecular flexibility index (Phi) is 4.31. The molecule has 0 atom stereocenters. The first-order chi connectivity index (χ1) is 13.3. The van der Waals surface area contributed by atoms with E-state index in [-0.39, 0.29) is 0 Å². The fourth-order valence-corrected chi connectivity index (χ4v) is 4.79. The second-order valence-corrected chi connectivity index (χ2v) is 15.5. The highest BCUT2D eigenvalue weighted by atomic mass is 28.3. The van der Waals surface area contributed by atoms with Gasteiger partial charge in [0, 0.05) is 22.3 Å². The van der Waals surface area contributed by atoms with E-state index in [1.807, 2.05) is 36.4 Å². The van der Waals surface area contributed by atoms with Gasteiger partial charge in [0.25, 0.3) is 0 Å². The van der Waals surface area contributed by atoms with Crippen molar-refractivity contribution in [3.8, 4) is 57.7 Å². The molecule has 2 aromatic rings. The third kappa shape index (κ3) is 3.70. The van der Waals surface area contributed by atoms with Crippen molar-refractivity contribution in [2.24, 2.45) is 0 Å². The first-order valence-electron chi connectivity index (χ1n) is 9.24. The van der Waals surface area contributed by atoms with Crippen LogP contribution in [0.25, 0.3) is 0 Å². The number of hydrogen-bond donors (Lipinski definition) is 0. The third-order valence-corrected chi connectivity index (χ3v) is 7.48. The summed E-state index contributed by atoms with van der Waals surface area (Å²) in [7, 11) is -4.00. The molecule has 0 amide bonds. The SMILES string of the molecule is C[Si]1(C)C#Cc2cccc3c2C#Cc2c(cccc2C#C[Si](C)(C)C#C3)C#C1. The minimum atomic E-state index is -2.00. The number of rotatable bonds is 0. The maximum absolute atomic E-state index is 3.45. The molecule has 2 aromatic carbocycles. The first kappa shape index (κ1) is 18.1. The molecular weight excluding hydrogens is 368 g/mol. The molecule has 2 aliphatic heterocycles. The maximum atomic E-state index is 3.45. The van der Waals surface area contributed by atoms with Crippen molar-refractivity contribution in [1.82, 2.24) is 0 Å². The molecule has 0 fully saturated rings. The summed E-state index contributed by atoms with van der Waals surface area (Å²) >= 11 is 0. The molecule has 130 valence electrons. The van der Waals surface area contributed by atoms with E-state index in [1.165, 1.54) is 0 Å². The average Bonchev–Trinajstić information content (AvgIpc) is 2.70. The van der Waals surface area contributed by atoms with Crippen molar-refractivity contribution >= 4 is 16.1 Å². The Labute approximate surface area is 169 Å². The topological polar surface area (TPSA) is 0 Å². The van der Waals surface area contributed by atoms with E-state index in [9.17, 15) is 0 Å². The number of benzene rings is 2. The lowest BCUT2D eigenvalue weighted by molar-refractivity contribution is 1.52. The van der Waals surface area contributed by atoms with E-state index in [0.717, 1.165) is 33.4 Å². The van der Waals surface area contributed by atoms with Crippen molar-refractivity contribution < 1.29 is 0 Å².